The first-order valence-corrected chi connectivity index (χ1v) is 20.9. The molecular weight excluding hydrogens is 695 g/mol. The summed E-state index contributed by atoms with van der Waals surface area (Å²) in [5.41, 5.74) is 8.93. The Morgan fingerprint density at radius 3 is 2.52 bits per heavy atom. The number of aromatic nitrogens is 1. The van der Waals surface area contributed by atoms with Crippen molar-refractivity contribution in [2.75, 3.05) is 56.3 Å². The molecular formula is C45H55N3O5S. The van der Waals surface area contributed by atoms with Crippen LogP contribution in [-0.2, 0) is 37.6 Å². The second kappa shape index (κ2) is 20.0. The van der Waals surface area contributed by atoms with Crippen molar-refractivity contribution >= 4 is 34.5 Å². The molecule has 8 nitrogen and oxygen atoms in total. The molecule has 3 aromatic carbocycles. The number of hydrogen-bond donors (Lipinski definition) is 1. The van der Waals surface area contributed by atoms with Gasteiger partial charge in [0.25, 0.3) is 5.91 Å². The van der Waals surface area contributed by atoms with E-state index in [9.17, 15) is 9.35 Å². The summed E-state index contributed by atoms with van der Waals surface area (Å²) in [4.78, 5) is 21.5. The van der Waals surface area contributed by atoms with Crippen molar-refractivity contribution in [3.63, 3.8) is 0 Å². The Balaban J connectivity index is 1.18. The lowest BCUT2D eigenvalue weighted by Crippen LogP contribution is -2.34. The topological polar surface area (TPSA) is 96.0 Å². The molecule has 0 radical (unpaired) electrons. The number of pyridine rings is 1. The number of anilines is 2. The number of hydrogen-bond acceptors (Lipinski definition) is 7. The number of rotatable bonds is 16. The van der Waals surface area contributed by atoms with E-state index in [-0.39, 0.29) is 5.91 Å². The maximum Gasteiger partial charge on any atom is 0.251 e. The molecule has 6 rings (SSSR count). The summed E-state index contributed by atoms with van der Waals surface area (Å²) in [5, 5.41) is 3.13. The zero-order valence-electron chi connectivity index (χ0n) is 32.1. The summed E-state index contributed by atoms with van der Waals surface area (Å²) in [6.45, 7) is 11.6. The van der Waals surface area contributed by atoms with E-state index in [0.717, 1.165) is 121 Å². The van der Waals surface area contributed by atoms with Crippen molar-refractivity contribution in [3.8, 4) is 16.9 Å². The quantitative estimate of drug-likeness (QED) is 0.0902. The van der Waals surface area contributed by atoms with Gasteiger partial charge in [0.05, 0.1) is 6.61 Å². The highest BCUT2D eigenvalue weighted by Gasteiger charge is 2.23. The van der Waals surface area contributed by atoms with Gasteiger partial charge < -0.3 is 29.0 Å². The highest BCUT2D eigenvalue weighted by molar-refractivity contribution is 7.90. The molecule has 1 saturated heterocycles. The summed E-state index contributed by atoms with van der Waals surface area (Å²) in [6, 6.07) is 24.2. The average molecular weight is 750 g/mol. The Morgan fingerprint density at radius 2 is 1.76 bits per heavy atom. The average Bonchev–Trinajstić information content (AvgIpc) is 3.19. The molecule has 1 aromatic heterocycles. The van der Waals surface area contributed by atoms with Crippen molar-refractivity contribution in [1.82, 2.24) is 4.98 Å². The first kappa shape index (κ1) is 39.5. The molecule has 0 saturated carbocycles. The van der Waals surface area contributed by atoms with E-state index >= 15 is 0 Å². The molecule has 1 fully saturated rings. The SMILES string of the molecule is CCCCOCCOc1ccc(-c2ccc3c(c2)/C=C(/C(=O)Nc2ccc([S@@+]([O-])Cc4c(CC)ccnc4C)cc2)CCCN3CC2CCOCC2)cc1. The van der Waals surface area contributed by atoms with Crippen LogP contribution in [0, 0.1) is 12.8 Å². The lowest BCUT2D eigenvalue weighted by Gasteiger charge is -2.33. The molecule has 9 heteroatoms. The summed E-state index contributed by atoms with van der Waals surface area (Å²) in [7, 11) is 0. The van der Waals surface area contributed by atoms with Gasteiger partial charge >= 0.3 is 0 Å². The van der Waals surface area contributed by atoms with E-state index in [2.05, 4.69) is 65.5 Å². The molecule has 0 aliphatic carbocycles. The lowest BCUT2D eigenvalue weighted by atomic mass is 9.94. The minimum atomic E-state index is -1.23. The largest absolute Gasteiger partial charge is 0.611 e. The minimum Gasteiger partial charge on any atom is -0.611 e. The standard InChI is InChI=1S/C45H55N3O5S/c1-4-6-24-51-27-28-53-41-14-9-36(10-15-41)37-11-18-44-39(29-37)30-38(8-7-23-48(44)31-34-20-25-52-26-21-34)45(49)47-40-12-16-42(17-13-40)54(50)32-43-33(3)46-22-19-35(43)5-2/h9-19,22,29-30,34H,4-8,20-21,23-28,31-32H2,1-3H3,(H,47,49)/b38-30+/t54-/m0/s1. The number of fused-ring (bicyclic) bond motifs is 1. The second-order valence-electron chi connectivity index (χ2n) is 14.2. The molecule has 2 aliphatic rings. The summed E-state index contributed by atoms with van der Waals surface area (Å²) >= 11 is -1.23. The molecule has 1 N–H and O–H groups in total. The molecule has 0 spiro atoms. The number of ether oxygens (including phenoxy) is 3. The van der Waals surface area contributed by atoms with Crippen LogP contribution < -0.4 is 15.0 Å². The maximum atomic E-state index is 13.9. The van der Waals surface area contributed by atoms with Crippen molar-refractivity contribution < 1.29 is 23.6 Å². The van der Waals surface area contributed by atoms with Crippen LogP contribution in [0.25, 0.3) is 17.2 Å². The van der Waals surface area contributed by atoms with Gasteiger partial charge in [-0.3, -0.25) is 9.78 Å². The predicted molar refractivity (Wildman–Crippen MR) is 220 cm³/mol. The van der Waals surface area contributed by atoms with Crippen molar-refractivity contribution in [2.45, 2.75) is 76.4 Å². The van der Waals surface area contributed by atoms with E-state index in [1.807, 2.05) is 55.6 Å². The number of unbranched alkanes of at least 4 members (excludes halogenated alkanes) is 1. The van der Waals surface area contributed by atoms with Gasteiger partial charge in [-0.2, -0.15) is 0 Å². The van der Waals surface area contributed by atoms with Crippen LogP contribution in [0.15, 0.2) is 89.5 Å². The van der Waals surface area contributed by atoms with Crippen LogP contribution in [0.4, 0.5) is 11.4 Å². The third kappa shape index (κ3) is 10.7. The Kier molecular flexibility index (Phi) is 14.6. The number of nitrogens with one attached hydrogen (secondary N) is 1. The molecule has 0 unspecified atom stereocenters. The molecule has 54 heavy (non-hydrogen) atoms. The van der Waals surface area contributed by atoms with Crippen LogP contribution in [0.3, 0.4) is 0 Å². The molecule has 286 valence electrons. The van der Waals surface area contributed by atoms with Crippen LogP contribution in [0.1, 0.15) is 74.8 Å². The fourth-order valence-electron chi connectivity index (χ4n) is 7.19. The third-order valence-electron chi connectivity index (χ3n) is 10.4. The molecule has 3 heterocycles. The smallest absolute Gasteiger partial charge is 0.251 e. The van der Waals surface area contributed by atoms with E-state index in [1.165, 1.54) is 5.56 Å². The Bertz CT molecular complexity index is 1840. The second-order valence-corrected chi connectivity index (χ2v) is 15.7. The molecule has 1 atom stereocenters. The van der Waals surface area contributed by atoms with Gasteiger partial charge in [0.2, 0.25) is 0 Å². The van der Waals surface area contributed by atoms with Gasteiger partial charge in [-0.1, -0.05) is 38.5 Å². The van der Waals surface area contributed by atoms with Crippen LogP contribution >= 0.6 is 0 Å². The first-order chi connectivity index (χ1) is 26.4. The lowest BCUT2D eigenvalue weighted by molar-refractivity contribution is -0.112. The normalized spacial score (nSPS) is 16.4. The number of aryl methyl sites for hydroxylation is 2. The minimum absolute atomic E-state index is 0.114. The van der Waals surface area contributed by atoms with Gasteiger partial charge in [0.1, 0.15) is 18.1 Å². The van der Waals surface area contributed by atoms with Crippen LogP contribution in [0.5, 0.6) is 5.75 Å². The Labute approximate surface area is 324 Å². The Hall–Kier alpha value is -4.15. The predicted octanol–water partition coefficient (Wildman–Crippen LogP) is 9.17. The fourth-order valence-corrected chi connectivity index (χ4v) is 8.46. The summed E-state index contributed by atoms with van der Waals surface area (Å²) in [5.74, 6) is 1.71. The Morgan fingerprint density at radius 1 is 0.981 bits per heavy atom. The highest BCUT2D eigenvalue weighted by atomic mass is 32.2. The van der Waals surface area contributed by atoms with Gasteiger partial charge in [-0.05, 0) is 145 Å². The number of amides is 1. The van der Waals surface area contributed by atoms with Crippen molar-refractivity contribution in [2.24, 2.45) is 5.92 Å². The van der Waals surface area contributed by atoms with Gasteiger partial charge in [-0.25, -0.2) is 0 Å². The first-order valence-electron chi connectivity index (χ1n) is 19.6. The monoisotopic (exact) mass is 749 g/mol. The van der Waals surface area contributed by atoms with E-state index < -0.39 is 11.2 Å². The molecule has 4 aromatic rings. The van der Waals surface area contributed by atoms with Crippen molar-refractivity contribution in [3.05, 3.63) is 107 Å². The van der Waals surface area contributed by atoms with Gasteiger partial charge in [0.15, 0.2) is 4.90 Å². The zero-order valence-corrected chi connectivity index (χ0v) is 32.9. The number of carbonyl (C=O) groups excluding carboxylic acids is 1. The van der Waals surface area contributed by atoms with Gasteiger partial charge in [-0.15, -0.1) is 0 Å². The number of benzene rings is 3. The van der Waals surface area contributed by atoms with E-state index in [4.69, 9.17) is 14.2 Å². The van der Waals surface area contributed by atoms with E-state index in [0.29, 0.717) is 37.0 Å². The number of carbonyl (C=O) groups is 1. The van der Waals surface area contributed by atoms with Crippen LogP contribution in [0.2, 0.25) is 0 Å². The molecule has 0 bridgehead atoms. The van der Waals surface area contributed by atoms with E-state index in [1.54, 1.807) is 0 Å². The fraction of sp³-hybridized carbons (Fsp3) is 0.422. The molecule has 1 amide bonds. The van der Waals surface area contributed by atoms with Crippen LogP contribution in [-0.4, -0.2) is 61.6 Å². The van der Waals surface area contributed by atoms with Crippen molar-refractivity contribution in [1.29, 1.82) is 0 Å². The summed E-state index contributed by atoms with van der Waals surface area (Å²) in [6.07, 6.45) is 10.6. The zero-order chi connectivity index (χ0) is 37.7. The van der Waals surface area contributed by atoms with Gasteiger partial charge in [0, 0.05) is 67.3 Å². The highest BCUT2D eigenvalue weighted by Crippen LogP contribution is 2.34. The summed E-state index contributed by atoms with van der Waals surface area (Å²) < 4.78 is 30.6. The maximum absolute atomic E-state index is 13.9. The molecule has 2 aliphatic heterocycles. The third-order valence-corrected chi connectivity index (χ3v) is 11.8. The number of nitrogens with zero attached hydrogens (tertiary/aromatic N) is 2.